The van der Waals surface area contributed by atoms with E-state index in [1.54, 1.807) is 0 Å². The van der Waals surface area contributed by atoms with E-state index in [2.05, 4.69) is 27.4 Å². The van der Waals surface area contributed by atoms with Crippen molar-refractivity contribution in [1.29, 1.82) is 0 Å². The van der Waals surface area contributed by atoms with E-state index < -0.39 is 0 Å². The monoisotopic (exact) mass is 383 g/mol. The molecule has 7 nitrogen and oxygen atoms in total. The number of nitrogens with one attached hydrogen (secondary N) is 1. The fourth-order valence-corrected chi connectivity index (χ4v) is 4.33. The Morgan fingerprint density at radius 2 is 2.07 bits per heavy atom. The number of carbonyl (C=O) groups excluding carboxylic acids is 1. The molecule has 2 amide bonds. The third kappa shape index (κ3) is 4.70. The van der Waals surface area contributed by atoms with Crippen LogP contribution in [0, 0.1) is 5.92 Å². The van der Waals surface area contributed by atoms with E-state index >= 15 is 0 Å². The van der Waals surface area contributed by atoms with Gasteiger partial charge in [0.25, 0.3) is 0 Å². The number of likely N-dealkylation sites (tertiary alicyclic amines) is 1. The molecule has 2 bridgehead atoms. The summed E-state index contributed by atoms with van der Waals surface area (Å²) in [6.07, 6.45) is 4.88. The van der Waals surface area contributed by atoms with Gasteiger partial charge in [0.05, 0.1) is 0 Å². The second-order valence-electron chi connectivity index (χ2n) is 8.04. The van der Waals surface area contributed by atoms with E-state index in [1.807, 2.05) is 35.2 Å². The second-order valence-corrected chi connectivity index (χ2v) is 8.04. The average Bonchev–Trinajstić information content (AvgIpc) is 2.95. The summed E-state index contributed by atoms with van der Waals surface area (Å²) < 4.78 is 5.33. The molecule has 0 aliphatic carbocycles. The predicted octanol–water partition coefficient (Wildman–Crippen LogP) is 2.33. The average molecular weight is 383 g/mol. The molecule has 1 aromatic carbocycles. The lowest BCUT2D eigenvalue weighted by Gasteiger charge is -2.29. The van der Waals surface area contributed by atoms with Crippen molar-refractivity contribution in [2.75, 3.05) is 33.2 Å². The summed E-state index contributed by atoms with van der Waals surface area (Å²) in [5.41, 5.74) is 1.15. The lowest BCUT2D eigenvalue weighted by atomic mass is 10.00. The van der Waals surface area contributed by atoms with Crippen LogP contribution in [0.25, 0.3) is 0 Å². The number of rotatable bonds is 5. The lowest BCUT2D eigenvalue weighted by Crippen LogP contribution is -2.46. The number of urea groups is 1. The van der Waals surface area contributed by atoms with Crippen molar-refractivity contribution in [3.8, 4) is 0 Å². The van der Waals surface area contributed by atoms with Gasteiger partial charge in [-0.05, 0) is 31.4 Å². The number of hydrogen-bond donors (Lipinski definition) is 1. The SMILES string of the molecule is CN1C[C@@H]2CCC[C@H]1CN(C(=O)NCCc1nc(Cc3ccccc3)no1)C2. The van der Waals surface area contributed by atoms with Crippen LogP contribution in [-0.2, 0) is 12.8 Å². The first-order valence-electron chi connectivity index (χ1n) is 10.3. The minimum absolute atomic E-state index is 0.0243. The van der Waals surface area contributed by atoms with Crippen LogP contribution in [0.1, 0.15) is 36.5 Å². The number of nitrogens with zero attached hydrogens (tertiary/aromatic N) is 4. The summed E-state index contributed by atoms with van der Waals surface area (Å²) in [4.78, 5) is 21.5. The number of aromatic nitrogens is 2. The number of benzene rings is 1. The van der Waals surface area contributed by atoms with Gasteiger partial charge in [0, 0.05) is 45.1 Å². The lowest BCUT2D eigenvalue weighted by molar-refractivity contribution is 0.175. The molecule has 28 heavy (non-hydrogen) atoms. The van der Waals surface area contributed by atoms with Gasteiger partial charge >= 0.3 is 6.03 Å². The van der Waals surface area contributed by atoms with Crippen molar-refractivity contribution in [3.63, 3.8) is 0 Å². The number of fused-ring (bicyclic) bond motifs is 3. The third-order valence-electron chi connectivity index (χ3n) is 5.85. The quantitative estimate of drug-likeness (QED) is 0.858. The molecule has 4 rings (SSSR count). The molecule has 1 N–H and O–H groups in total. The highest BCUT2D eigenvalue weighted by Crippen LogP contribution is 2.25. The maximum Gasteiger partial charge on any atom is 0.317 e. The van der Waals surface area contributed by atoms with Crippen LogP contribution in [0.4, 0.5) is 4.79 Å². The molecular weight excluding hydrogens is 354 g/mol. The van der Waals surface area contributed by atoms with E-state index in [0.29, 0.717) is 43.1 Å². The summed E-state index contributed by atoms with van der Waals surface area (Å²) >= 11 is 0. The van der Waals surface area contributed by atoms with Crippen molar-refractivity contribution in [2.45, 2.75) is 38.1 Å². The Bertz CT molecular complexity index is 778. The van der Waals surface area contributed by atoms with Crippen LogP contribution in [0.15, 0.2) is 34.9 Å². The molecule has 0 radical (unpaired) electrons. The van der Waals surface area contributed by atoms with E-state index in [9.17, 15) is 4.79 Å². The van der Waals surface area contributed by atoms with Crippen LogP contribution in [0.3, 0.4) is 0 Å². The second kappa shape index (κ2) is 8.73. The first-order valence-corrected chi connectivity index (χ1v) is 10.3. The predicted molar refractivity (Wildman–Crippen MR) is 106 cm³/mol. The van der Waals surface area contributed by atoms with E-state index in [-0.39, 0.29) is 6.03 Å². The Kier molecular flexibility index (Phi) is 5.90. The Morgan fingerprint density at radius 3 is 2.93 bits per heavy atom. The fourth-order valence-electron chi connectivity index (χ4n) is 4.33. The first-order chi connectivity index (χ1) is 13.7. The van der Waals surface area contributed by atoms with Gasteiger partial charge in [-0.25, -0.2) is 4.79 Å². The van der Waals surface area contributed by atoms with Gasteiger partial charge in [0.15, 0.2) is 5.82 Å². The van der Waals surface area contributed by atoms with Crippen LogP contribution in [-0.4, -0.2) is 65.2 Å². The maximum atomic E-state index is 12.7. The molecule has 1 aromatic heterocycles. The number of hydrogen-bond acceptors (Lipinski definition) is 5. The van der Waals surface area contributed by atoms with Crippen LogP contribution in [0.5, 0.6) is 0 Å². The number of amides is 2. The minimum atomic E-state index is 0.0243. The summed E-state index contributed by atoms with van der Waals surface area (Å²) in [5, 5.41) is 7.08. The number of likely N-dealkylation sites (N-methyl/N-ethyl adjacent to an activating group) is 1. The zero-order chi connectivity index (χ0) is 19.3. The highest BCUT2D eigenvalue weighted by molar-refractivity contribution is 5.74. The molecule has 2 saturated heterocycles. The largest absolute Gasteiger partial charge is 0.339 e. The number of carbonyl (C=O) groups is 1. The van der Waals surface area contributed by atoms with Gasteiger partial charge in [0.1, 0.15) is 0 Å². The highest BCUT2D eigenvalue weighted by atomic mass is 16.5. The molecule has 2 aliphatic heterocycles. The van der Waals surface area contributed by atoms with Crippen LogP contribution in [0.2, 0.25) is 0 Å². The zero-order valence-corrected chi connectivity index (χ0v) is 16.5. The van der Waals surface area contributed by atoms with Gasteiger partial charge < -0.3 is 19.6 Å². The maximum absolute atomic E-state index is 12.7. The highest BCUT2D eigenvalue weighted by Gasteiger charge is 2.32. The molecule has 0 unspecified atom stereocenters. The van der Waals surface area contributed by atoms with Gasteiger partial charge in [0.2, 0.25) is 5.89 Å². The van der Waals surface area contributed by atoms with Gasteiger partial charge in [-0.1, -0.05) is 41.9 Å². The van der Waals surface area contributed by atoms with Crippen LogP contribution >= 0.6 is 0 Å². The normalized spacial score (nSPS) is 22.7. The Hall–Kier alpha value is -2.41. The topological polar surface area (TPSA) is 74.5 Å². The van der Waals surface area contributed by atoms with Crippen LogP contribution < -0.4 is 5.32 Å². The standard InChI is InChI=1S/C21H29N5O2/c1-25-13-17-8-5-9-18(25)15-26(14-17)21(27)22-11-10-20-23-19(24-28-20)12-16-6-3-2-4-7-16/h2-4,6-7,17-18H,5,8-15H2,1H3,(H,22,27)/t17-,18-/m0/s1. The van der Waals surface area contributed by atoms with E-state index in [4.69, 9.17) is 4.52 Å². The van der Waals surface area contributed by atoms with Gasteiger partial charge in [-0.15, -0.1) is 0 Å². The fraction of sp³-hybridized carbons (Fsp3) is 0.571. The molecule has 7 heteroatoms. The molecule has 2 aromatic rings. The molecule has 0 saturated carbocycles. The Morgan fingerprint density at radius 1 is 1.21 bits per heavy atom. The summed E-state index contributed by atoms with van der Waals surface area (Å²) in [7, 11) is 2.19. The summed E-state index contributed by atoms with van der Waals surface area (Å²) in [5.74, 6) is 1.83. The molecule has 3 heterocycles. The molecular formula is C21H29N5O2. The third-order valence-corrected chi connectivity index (χ3v) is 5.85. The first kappa shape index (κ1) is 18.9. The molecule has 2 atom stereocenters. The van der Waals surface area contributed by atoms with Crippen molar-refractivity contribution < 1.29 is 9.32 Å². The Labute approximate surface area is 166 Å². The summed E-state index contributed by atoms with van der Waals surface area (Å²) in [6.45, 7) is 3.28. The van der Waals surface area contributed by atoms with Gasteiger partial charge in [-0.2, -0.15) is 4.98 Å². The van der Waals surface area contributed by atoms with Crippen molar-refractivity contribution >= 4 is 6.03 Å². The van der Waals surface area contributed by atoms with Gasteiger partial charge in [-0.3, -0.25) is 0 Å². The Balaban J connectivity index is 1.25. The summed E-state index contributed by atoms with van der Waals surface area (Å²) in [6, 6.07) is 10.6. The zero-order valence-electron chi connectivity index (χ0n) is 16.5. The molecule has 150 valence electrons. The molecule has 0 spiro atoms. The smallest absolute Gasteiger partial charge is 0.317 e. The van der Waals surface area contributed by atoms with E-state index in [1.165, 1.54) is 19.3 Å². The van der Waals surface area contributed by atoms with E-state index in [0.717, 1.165) is 25.2 Å². The van der Waals surface area contributed by atoms with Crippen molar-refractivity contribution in [1.82, 2.24) is 25.3 Å². The van der Waals surface area contributed by atoms with Crippen molar-refractivity contribution in [2.24, 2.45) is 5.92 Å². The molecule has 2 fully saturated rings. The molecule has 2 aliphatic rings. The minimum Gasteiger partial charge on any atom is -0.339 e. The van der Waals surface area contributed by atoms with Crippen molar-refractivity contribution in [3.05, 3.63) is 47.6 Å².